The molecule has 2 heterocycles. The first-order valence-electron chi connectivity index (χ1n) is 6.91. The number of hydrogen-bond donors (Lipinski definition) is 1. The Hall–Kier alpha value is -2.67. The van der Waals surface area contributed by atoms with Crippen LogP contribution in [0.4, 0.5) is 5.95 Å². The minimum atomic E-state index is -0.490. The lowest BCUT2D eigenvalue weighted by Crippen LogP contribution is -2.29. The van der Waals surface area contributed by atoms with Crippen molar-refractivity contribution in [2.24, 2.45) is 0 Å². The molecule has 1 N–H and O–H groups in total. The van der Waals surface area contributed by atoms with Crippen molar-refractivity contribution in [1.82, 2.24) is 20.2 Å². The zero-order chi connectivity index (χ0) is 16.4. The second-order valence-corrected chi connectivity index (χ2v) is 5.39. The largest absolute Gasteiger partial charge is 0.458 e. The maximum Gasteiger partial charge on any atom is 0.338 e. The van der Waals surface area contributed by atoms with Crippen LogP contribution in [0.1, 0.15) is 18.5 Å². The Morgan fingerprint density at radius 3 is 2.91 bits per heavy atom. The number of halogens is 1. The molecule has 0 unspecified atom stereocenters. The Kier molecular flexibility index (Phi) is 4.12. The zero-order valence-electron chi connectivity index (χ0n) is 12.4. The molecule has 8 heteroatoms. The summed E-state index contributed by atoms with van der Waals surface area (Å²) in [5, 5.41) is 15.2. The molecule has 0 bridgehead atoms. The van der Waals surface area contributed by atoms with Gasteiger partial charge in [-0.25, -0.2) is 4.79 Å². The molecule has 0 saturated carbocycles. The summed E-state index contributed by atoms with van der Waals surface area (Å²) < 4.78 is 6.75. The lowest BCUT2D eigenvalue weighted by molar-refractivity contribution is -0.138. The molecule has 2 aromatic rings. The number of nitrogens with zero attached hydrogens (tertiary/aromatic N) is 4. The van der Waals surface area contributed by atoms with Crippen LogP contribution in [0, 0.1) is 0 Å². The molecule has 0 spiro atoms. The third-order valence-electron chi connectivity index (χ3n) is 3.45. The van der Waals surface area contributed by atoms with Gasteiger partial charge in [-0.15, -0.1) is 0 Å². The smallest absolute Gasteiger partial charge is 0.338 e. The highest BCUT2D eigenvalue weighted by Gasteiger charge is 2.34. The average Bonchev–Trinajstić information content (AvgIpc) is 3.00. The van der Waals surface area contributed by atoms with Crippen molar-refractivity contribution >= 4 is 23.5 Å². The van der Waals surface area contributed by atoms with Crippen molar-refractivity contribution in [1.29, 1.82) is 0 Å². The van der Waals surface area contributed by atoms with Gasteiger partial charge in [0.1, 0.15) is 12.6 Å². The molecule has 1 aromatic carbocycles. The number of tetrazole rings is 1. The van der Waals surface area contributed by atoms with Crippen LogP contribution >= 0.6 is 11.6 Å². The molecule has 0 amide bonds. The van der Waals surface area contributed by atoms with Crippen molar-refractivity contribution in [3.8, 4) is 0 Å². The van der Waals surface area contributed by atoms with Crippen LogP contribution in [-0.4, -0.2) is 32.8 Å². The number of allylic oxidation sites excluding steroid dienone is 1. The molecule has 7 nitrogen and oxygen atoms in total. The van der Waals surface area contributed by atoms with E-state index in [9.17, 15) is 4.79 Å². The van der Waals surface area contributed by atoms with Gasteiger partial charge in [-0.05, 0) is 35.0 Å². The zero-order valence-corrected chi connectivity index (χ0v) is 13.1. The van der Waals surface area contributed by atoms with Crippen LogP contribution in [0.2, 0.25) is 5.02 Å². The quantitative estimate of drug-likeness (QED) is 0.684. The molecule has 0 aliphatic carbocycles. The molecule has 3 rings (SSSR count). The number of carbonyl (C=O) groups is 1. The summed E-state index contributed by atoms with van der Waals surface area (Å²) in [6.07, 6.45) is 1.52. The van der Waals surface area contributed by atoms with Crippen molar-refractivity contribution in [3.05, 3.63) is 58.8 Å². The first kappa shape index (κ1) is 15.2. The van der Waals surface area contributed by atoms with Crippen LogP contribution in [0.3, 0.4) is 0 Å². The number of benzene rings is 1. The fourth-order valence-electron chi connectivity index (χ4n) is 2.44. The summed E-state index contributed by atoms with van der Waals surface area (Å²) in [6.45, 7) is 5.46. The minimum absolute atomic E-state index is 0.130. The molecule has 23 heavy (non-hydrogen) atoms. The van der Waals surface area contributed by atoms with Gasteiger partial charge in [0.2, 0.25) is 5.95 Å². The Labute approximate surface area is 137 Å². The van der Waals surface area contributed by atoms with E-state index in [1.165, 1.54) is 6.08 Å². The van der Waals surface area contributed by atoms with Crippen LogP contribution < -0.4 is 5.32 Å². The highest BCUT2D eigenvalue weighted by molar-refractivity contribution is 6.30. The Bertz CT molecular complexity index is 781. The average molecular weight is 332 g/mol. The van der Waals surface area contributed by atoms with Gasteiger partial charge in [-0.3, -0.25) is 0 Å². The minimum Gasteiger partial charge on any atom is -0.458 e. The highest BCUT2D eigenvalue weighted by atomic mass is 35.5. The summed E-state index contributed by atoms with van der Waals surface area (Å²) in [4.78, 5) is 12.5. The van der Waals surface area contributed by atoms with Crippen molar-refractivity contribution in [2.75, 3.05) is 11.9 Å². The normalized spacial score (nSPS) is 16.5. The van der Waals surface area contributed by atoms with E-state index >= 15 is 0 Å². The Morgan fingerprint density at radius 1 is 1.48 bits per heavy atom. The molecule has 1 aliphatic rings. The van der Waals surface area contributed by atoms with E-state index in [0.717, 1.165) is 5.56 Å². The number of anilines is 1. The van der Waals surface area contributed by atoms with Crippen molar-refractivity contribution in [3.63, 3.8) is 0 Å². The summed E-state index contributed by atoms with van der Waals surface area (Å²) in [5.74, 6) is 0.0127. The molecule has 1 aromatic heterocycles. The molecule has 1 aliphatic heterocycles. The second kappa shape index (κ2) is 6.21. The predicted octanol–water partition coefficient (Wildman–Crippen LogP) is 2.34. The maximum absolute atomic E-state index is 12.5. The second-order valence-electron chi connectivity index (χ2n) is 4.95. The number of rotatable bonds is 4. The summed E-state index contributed by atoms with van der Waals surface area (Å²) >= 11 is 5.95. The summed E-state index contributed by atoms with van der Waals surface area (Å²) in [6, 6.07) is 6.68. The van der Waals surface area contributed by atoms with E-state index in [0.29, 0.717) is 22.2 Å². The van der Waals surface area contributed by atoms with E-state index in [1.807, 2.05) is 12.1 Å². The number of aromatic nitrogens is 4. The molecule has 0 saturated heterocycles. The van der Waals surface area contributed by atoms with Crippen molar-refractivity contribution in [2.45, 2.75) is 13.0 Å². The van der Waals surface area contributed by atoms with Crippen molar-refractivity contribution < 1.29 is 9.53 Å². The lowest BCUT2D eigenvalue weighted by Gasteiger charge is -2.27. The SMILES string of the molecule is C=CCOC(=O)C1=C(C)Nc2nnnn2[C@@H]1c1ccc(Cl)cc1. The van der Waals surface area contributed by atoms with Crippen LogP contribution in [0.15, 0.2) is 48.2 Å². The molecule has 1 atom stereocenters. The standard InChI is InChI=1S/C15H14ClN5O2/c1-3-8-23-14(22)12-9(2)17-15-18-19-20-21(15)13(12)10-4-6-11(16)7-5-10/h3-7,13H,1,8H2,2H3,(H,17,18,20)/t13-/m1/s1. The highest BCUT2D eigenvalue weighted by Crippen LogP contribution is 2.35. The molecular formula is C15H14ClN5O2. The van der Waals surface area contributed by atoms with Crippen LogP contribution in [0.5, 0.6) is 0 Å². The fourth-order valence-corrected chi connectivity index (χ4v) is 2.57. The summed E-state index contributed by atoms with van der Waals surface area (Å²) in [7, 11) is 0. The monoisotopic (exact) mass is 331 g/mol. The molecule has 118 valence electrons. The Balaban J connectivity index is 2.08. The Morgan fingerprint density at radius 2 is 2.22 bits per heavy atom. The van der Waals surface area contributed by atoms with Crippen LogP contribution in [-0.2, 0) is 9.53 Å². The number of nitrogens with one attached hydrogen (secondary N) is 1. The fraction of sp³-hybridized carbons (Fsp3) is 0.200. The van der Waals surface area contributed by atoms with E-state index in [4.69, 9.17) is 16.3 Å². The number of ether oxygens (including phenoxy) is 1. The third kappa shape index (κ3) is 2.83. The van der Waals surface area contributed by atoms with Gasteiger partial charge in [0.15, 0.2) is 0 Å². The molecular weight excluding hydrogens is 318 g/mol. The van der Waals surface area contributed by atoms with Gasteiger partial charge >= 0.3 is 5.97 Å². The van der Waals surface area contributed by atoms with Gasteiger partial charge < -0.3 is 10.1 Å². The number of esters is 1. The number of hydrogen-bond acceptors (Lipinski definition) is 6. The molecule has 0 fully saturated rings. The third-order valence-corrected chi connectivity index (χ3v) is 3.70. The van der Waals surface area contributed by atoms with E-state index in [2.05, 4.69) is 27.4 Å². The summed E-state index contributed by atoms with van der Waals surface area (Å²) in [5.41, 5.74) is 1.91. The van der Waals surface area contributed by atoms with Gasteiger partial charge in [-0.2, -0.15) is 4.68 Å². The number of fused-ring (bicyclic) bond motifs is 1. The number of carbonyl (C=O) groups excluding carboxylic acids is 1. The van der Waals surface area contributed by atoms with Gasteiger partial charge in [-0.1, -0.05) is 41.5 Å². The first-order chi connectivity index (χ1) is 11.1. The van der Waals surface area contributed by atoms with E-state index in [-0.39, 0.29) is 6.61 Å². The topological polar surface area (TPSA) is 81.9 Å². The maximum atomic E-state index is 12.5. The van der Waals surface area contributed by atoms with E-state index in [1.54, 1.807) is 23.7 Å². The van der Waals surface area contributed by atoms with E-state index < -0.39 is 12.0 Å². The van der Waals surface area contributed by atoms with Gasteiger partial charge in [0.25, 0.3) is 0 Å². The predicted molar refractivity (Wildman–Crippen MR) is 84.9 cm³/mol. The first-order valence-corrected chi connectivity index (χ1v) is 7.28. The molecule has 0 radical (unpaired) electrons. The van der Waals surface area contributed by atoms with Crippen LogP contribution in [0.25, 0.3) is 0 Å². The lowest BCUT2D eigenvalue weighted by atomic mass is 9.96. The van der Waals surface area contributed by atoms with Gasteiger partial charge in [0.05, 0.1) is 5.57 Å². The van der Waals surface area contributed by atoms with Gasteiger partial charge in [0, 0.05) is 10.7 Å².